The van der Waals surface area contributed by atoms with E-state index in [1.165, 1.54) is 6.92 Å². The number of pyridine rings is 1. The van der Waals surface area contributed by atoms with Crippen molar-refractivity contribution in [3.05, 3.63) is 76.4 Å². The lowest BCUT2D eigenvalue weighted by molar-refractivity contribution is -0.297. The van der Waals surface area contributed by atoms with Crippen LogP contribution in [0.15, 0.2) is 65.3 Å². The first-order chi connectivity index (χ1) is 29.8. The Bertz CT molecular complexity index is 2190. The smallest absolute Gasteiger partial charge is 0.408 e. The van der Waals surface area contributed by atoms with Gasteiger partial charge in [-0.2, -0.15) is 0 Å². The number of aliphatic hydroxyl groups is 1. The van der Waals surface area contributed by atoms with Crippen LogP contribution in [0.3, 0.4) is 0 Å². The minimum Gasteiger partial charge on any atom is -0.506 e. The van der Waals surface area contributed by atoms with Gasteiger partial charge in [0, 0.05) is 47.5 Å². The van der Waals surface area contributed by atoms with Gasteiger partial charge in [-0.25, -0.2) is 4.79 Å². The Morgan fingerprint density at radius 2 is 1.75 bits per heavy atom. The Kier molecular flexibility index (Phi) is 15.2. The lowest BCUT2D eigenvalue weighted by atomic mass is 9.73. The number of aliphatic hydroxyl groups excluding tert-OH is 1. The number of Topliss-reactive ketones (excluding diaryl/α,β-unsaturated/α-hetero) is 2. The molecule has 3 aromatic rings. The van der Waals surface area contributed by atoms with Crippen LogP contribution in [0.1, 0.15) is 85.8 Å². The first kappa shape index (κ1) is 48.2. The lowest BCUT2D eigenvalue weighted by Gasteiger charge is -2.47. The third-order valence-corrected chi connectivity index (χ3v) is 13.9. The molecule has 1 aromatic heterocycles. The standard InChI is InChI=1S/C48H62BrN3O11/c1-10-37-48(8)42(51-46(58)63-48)28(4)38(53)26(2)23-47(7,59-20-14-15-31-22-32-16-11-12-19-35(32)50-24-31)43(29(5)39(54)30(6)44(57)61-37)62-45-41(56)36(21-27(3)60-45)52(9)25-33-17-13-18-34(49)40(33)55/h11-19,22,24,26-30,36-37,41-43,45,55-56H,10,20-21,23,25H2,1-9H3,(H,51,58)/b15-14+/t26-,27-,28-,29+,30-,36+,37+,41-,42-,43-,45?,47+,48-/m1/s1. The monoisotopic (exact) mass is 935 g/mol. The molecule has 0 saturated carbocycles. The molecule has 3 N–H and O–H groups in total. The Hall–Kier alpha value is -4.25. The van der Waals surface area contributed by atoms with E-state index in [-0.39, 0.29) is 31.0 Å². The number of benzene rings is 2. The molecule has 6 rings (SSSR count). The number of cyclic esters (lactones) is 1. The highest BCUT2D eigenvalue weighted by molar-refractivity contribution is 9.10. The van der Waals surface area contributed by atoms with Crippen molar-refractivity contribution < 1.29 is 53.1 Å². The van der Waals surface area contributed by atoms with Crippen molar-refractivity contribution in [1.82, 2.24) is 15.2 Å². The molecule has 2 aromatic carbocycles. The molecule has 3 aliphatic rings. The number of alkyl carbamates (subject to hydrolysis) is 1. The quantitative estimate of drug-likeness (QED) is 0.138. The van der Waals surface area contributed by atoms with Crippen molar-refractivity contribution in [2.24, 2.45) is 23.7 Å². The molecule has 15 heteroatoms. The molecule has 3 fully saturated rings. The largest absolute Gasteiger partial charge is 0.506 e. The van der Waals surface area contributed by atoms with Gasteiger partial charge >= 0.3 is 12.1 Å². The predicted molar refractivity (Wildman–Crippen MR) is 239 cm³/mol. The zero-order valence-electron chi connectivity index (χ0n) is 37.6. The number of phenolic OH excluding ortho intramolecular Hbond substituents is 1. The highest BCUT2D eigenvalue weighted by Crippen LogP contribution is 2.41. The molecule has 14 nitrogen and oxygen atoms in total. The van der Waals surface area contributed by atoms with E-state index in [0.29, 0.717) is 23.0 Å². The second-order valence-corrected chi connectivity index (χ2v) is 18.9. The van der Waals surface area contributed by atoms with E-state index < -0.39 is 95.5 Å². The fourth-order valence-corrected chi connectivity index (χ4v) is 10.1. The van der Waals surface area contributed by atoms with Crippen LogP contribution in [0.5, 0.6) is 5.75 Å². The van der Waals surface area contributed by atoms with Crippen molar-refractivity contribution in [2.45, 2.75) is 135 Å². The number of hydrogen-bond acceptors (Lipinski definition) is 13. The number of carbonyl (C=O) groups excluding carboxylic acids is 4. The number of ether oxygens (including phenoxy) is 5. The average Bonchev–Trinajstić information content (AvgIpc) is 3.57. The maximum absolute atomic E-state index is 14.7. The van der Waals surface area contributed by atoms with E-state index in [1.54, 1.807) is 53.8 Å². The van der Waals surface area contributed by atoms with Crippen LogP contribution >= 0.6 is 15.9 Å². The zero-order chi connectivity index (χ0) is 46.0. The normalized spacial score (nSPS) is 34.7. The van der Waals surface area contributed by atoms with Crippen LogP contribution in [-0.4, -0.2) is 111 Å². The molecule has 0 bridgehead atoms. The van der Waals surface area contributed by atoms with Gasteiger partial charge in [0.25, 0.3) is 0 Å². The van der Waals surface area contributed by atoms with Gasteiger partial charge < -0.3 is 39.2 Å². The summed E-state index contributed by atoms with van der Waals surface area (Å²) in [4.78, 5) is 62.5. The SMILES string of the molecule is CC[C@@H]1OC(=O)[C@H](C)C(=O)[C@H](C)[C@@H](OC2O[C@H](C)C[C@H](N(C)Cc3cccc(Br)c3O)[C@H]2O)[C@@](C)(OC/C=C/c2cnc3ccccc3c2)C[C@@H](C)C(=O)[C@@H](C)[C@H]2NC(=O)O[C@]12C. The van der Waals surface area contributed by atoms with Gasteiger partial charge in [0.1, 0.15) is 29.7 Å². The second kappa shape index (κ2) is 19.9. The summed E-state index contributed by atoms with van der Waals surface area (Å²) in [7, 11) is 1.84. The molecule has 3 saturated heterocycles. The molecular weight excluding hydrogens is 874 g/mol. The van der Waals surface area contributed by atoms with E-state index in [1.807, 2.05) is 73.5 Å². The molecule has 3 aliphatic heterocycles. The van der Waals surface area contributed by atoms with Gasteiger partial charge in [0.05, 0.1) is 40.4 Å². The number of ketones is 2. The molecule has 4 heterocycles. The number of aromatic hydroxyl groups is 1. The molecule has 0 spiro atoms. The molecule has 1 unspecified atom stereocenters. The number of fused-ring (bicyclic) bond motifs is 2. The topological polar surface area (TPSA) is 183 Å². The number of aromatic nitrogens is 1. The van der Waals surface area contributed by atoms with Crippen molar-refractivity contribution in [3.8, 4) is 5.75 Å². The van der Waals surface area contributed by atoms with Crippen LogP contribution < -0.4 is 5.32 Å². The number of esters is 1. The van der Waals surface area contributed by atoms with Crippen molar-refractivity contribution >= 4 is 56.5 Å². The van der Waals surface area contributed by atoms with E-state index >= 15 is 0 Å². The number of carbonyl (C=O) groups is 4. The maximum atomic E-state index is 14.7. The van der Waals surface area contributed by atoms with Crippen LogP contribution in [0.4, 0.5) is 4.79 Å². The number of phenols is 1. The lowest BCUT2D eigenvalue weighted by Crippen LogP contribution is -2.60. The Morgan fingerprint density at radius 1 is 1.02 bits per heavy atom. The summed E-state index contributed by atoms with van der Waals surface area (Å²) in [5.41, 5.74) is -0.493. The fourth-order valence-electron chi connectivity index (χ4n) is 9.73. The fraction of sp³-hybridized carbons (Fsp3) is 0.562. The number of halogens is 1. The molecule has 342 valence electrons. The summed E-state index contributed by atoms with van der Waals surface area (Å²) >= 11 is 3.39. The van der Waals surface area contributed by atoms with Gasteiger partial charge in [-0.1, -0.05) is 70.2 Å². The average molecular weight is 937 g/mol. The van der Waals surface area contributed by atoms with E-state index in [9.17, 15) is 29.4 Å². The van der Waals surface area contributed by atoms with Crippen LogP contribution in [0.2, 0.25) is 0 Å². The zero-order valence-corrected chi connectivity index (χ0v) is 39.2. The molecular formula is C48H62BrN3O11. The van der Waals surface area contributed by atoms with E-state index in [0.717, 1.165) is 16.5 Å². The molecule has 0 radical (unpaired) electrons. The molecule has 0 aliphatic carbocycles. The minimum absolute atomic E-state index is 0.0207. The Morgan fingerprint density at radius 3 is 2.48 bits per heavy atom. The number of hydrogen-bond donors (Lipinski definition) is 3. The predicted octanol–water partition coefficient (Wildman–Crippen LogP) is 7.15. The van der Waals surface area contributed by atoms with Crippen molar-refractivity contribution in [2.75, 3.05) is 13.7 Å². The van der Waals surface area contributed by atoms with E-state index in [4.69, 9.17) is 23.7 Å². The number of para-hydroxylation sites is 2. The maximum Gasteiger partial charge on any atom is 0.408 e. The summed E-state index contributed by atoms with van der Waals surface area (Å²) in [5.74, 6) is -5.32. The number of nitrogens with one attached hydrogen (secondary N) is 1. The first-order valence-corrected chi connectivity index (χ1v) is 22.7. The minimum atomic E-state index is -1.43. The summed E-state index contributed by atoms with van der Waals surface area (Å²) < 4.78 is 32.3. The highest BCUT2D eigenvalue weighted by Gasteiger charge is 2.57. The summed E-state index contributed by atoms with van der Waals surface area (Å²) in [5, 5.41) is 26.6. The molecule has 1 amide bonds. The summed E-state index contributed by atoms with van der Waals surface area (Å²) in [6.07, 6.45) is 0.349. The van der Waals surface area contributed by atoms with E-state index in [2.05, 4.69) is 26.2 Å². The van der Waals surface area contributed by atoms with Gasteiger partial charge in [0.2, 0.25) is 0 Å². The van der Waals surface area contributed by atoms with Crippen LogP contribution in [0.25, 0.3) is 17.0 Å². The van der Waals surface area contributed by atoms with Gasteiger partial charge in [0.15, 0.2) is 17.7 Å². The summed E-state index contributed by atoms with van der Waals surface area (Å²) in [6, 6.07) is 13.8. The van der Waals surface area contributed by atoms with Gasteiger partial charge in [-0.3, -0.25) is 24.3 Å². The molecule has 13 atom stereocenters. The number of likely N-dealkylation sites (N-methyl/N-ethyl adjacent to an activating group) is 1. The number of amides is 1. The van der Waals surface area contributed by atoms with Gasteiger partial charge in [-0.15, -0.1) is 0 Å². The first-order valence-electron chi connectivity index (χ1n) is 21.9. The van der Waals surface area contributed by atoms with Crippen LogP contribution in [0, 0.1) is 23.7 Å². The number of nitrogens with zero attached hydrogens (tertiary/aromatic N) is 2. The highest BCUT2D eigenvalue weighted by atomic mass is 79.9. The second-order valence-electron chi connectivity index (χ2n) is 18.1. The molecule has 63 heavy (non-hydrogen) atoms. The third-order valence-electron chi connectivity index (χ3n) is 13.3. The van der Waals surface area contributed by atoms with Gasteiger partial charge in [-0.05, 0) is 93.7 Å². The van der Waals surface area contributed by atoms with Crippen molar-refractivity contribution in [1.29, 1.82) is 0 Å². The summed E-state index contributed by atoms with van der Waals surface area (Å²) in [6.45, 7) is 14.0. The van der Waals surface area contributed by atoms with Crippen LogP contribution in [-0.2, 0) is 44.6 Å². The third kappa shape index (κ3) is 10.3. The Labute approximate surface area is 378 Å². The number of rotatable bonds is 10. The Balaban J connectivity index is 1.38. The van der Waals surface area contributed by atoms with Crippen molar-refractivity contribution in [3.63, 3.8) is 0 Å².